The van der Waals surface area contributed by atoms with Crippen molar-refractivity contribution in [2.45, 2.75) is 38.5 Å². The maximum absolute atomic E-state index is 13.3. The Morgan fingerprint density at radius 3 is 2.06 bits per heavy atom. The number of carbonyl (C=O) groups is 1. The maximum atomic E-state index is 13.3. The molecule has 3 aromatic carbocycles. The van der Waals surface area contributed by atoms with Crippen LogP contribution in [0.5, 0.6) is 5.75 Å². The summed E-state index contributed by atoms with van der Waals surface area (Å²) >= 11 is 0. The van der Waals surface area contributed by atoms with Crippen molar-refractivity contribution in [3.63, 3.8) is 0 Å². The van der Waals surface area contributed by atoms with Crippen molar-refractivity contribution in [2.75, 3.05) is 10.9 Å². The van der Waals surface area contributed by atoms with Crippen LogP contribution in [0.1, 0.15) is 29.5 Å². The van der Waals surface area contributed by atoms with Crippen LogP contribution in [0.2, 0.25) is 0 Å². The first-order valence-corrected chi connectivity index (χ1v) is 11.6. The fraction of sp³-hybridized carbons (Fsp3) is 0.240. The summed E-state index contributed by atoms with van der Waals surface area (Å²) in [4.78, 5) is 13.2. The molecule has 0 saturated heterocycles. The van der Waals surface area contributed by atoms with Crippen molar-refractivity contribution in [2.24, 2.45) is 0 Å². The molecule has 0 radical (unpaired) electrons. The van der Waals surface area contributed by atoms with E-state index in [9.17, 15) is 13.2 Å². The molecule has 0 bridgehead atoms. The predicted octanol–water partition coefficient (Wildman–Crippen LogP) is 5.19. The fourth-order valence-electron chi connectivity index (χ4n) is 3.13. The number of hydrogen-bond donors (Lipinski definition) is 0. The van der Waals surface area contributed by atoms with E-state index in [1.807, 2.05) is 45.0 Å². The van der Waals surface area contributed by atoms with Gasteiger partial charge in [0.1, 0.15) is 5.75 Å². The van der Waals surface area contributed by atoms with Gasteiger partial charge in [-0.1, -0.05) is 47.5 Å². The van der Waals surface area contributed by atoms with Crippen LogP contribution >= 0.6 is 0 Å². The van der Waals surface area contributed by atoms with E-state index in [-0.39, 0.29) is 11.3 Å². The van der Waals surface area contributed by atoms with E-state index in [0.717, 1.165) is 26.7 Å². The summed E-state index contributed by atoms with van der Waals surface area (Å²) in [5.74, 6) is 0.243. The summed E-state index contributed by atoms with van der Waals surface area (Å²) < 4.78 is 33.3. The number of anilines is 1. The maximum Gasteiger partial charge on any atom is 0.270 e. The van der Waals surface area contributed by atoms with Crippen molar-refractivity contribution in [3.05, 3.63) is 89.5 Å². The molecule has 3 rings (SSSR count). The monoisotopic (exact) mass is 437 g/mol. The summed E-state index contributed by atoms with van der Waals surface area (Å²) in [6.45, 7) is 6.09. The molecule has 0 N–H and O–H groups in total. The molecule has 1 amide bonds. The smallest absolute Gasteiger partial charge is 0.270 e. The highest BCUT2D eigenvalue weighted by Gasteiger charge is 2.30. The second-order valence-corrected chi connectivity index (χ2v) is 9.37. The first kappa shape index (κ1) is 22.6. The normalized spacial score (nSPS) is 11.2. The summed E-state index contributed by atoms with van der Waals surface area (Å²) in [6.07, 6.45) is 0.448. The average molecular weight is 438 g/mol. The van der Waals surface area contributed by atoms with Crippen molar-refractivity contribution in [1.29, 1.82) is 0 Å². The molecule has 0 aliphatic heterocycles. The van der Waals surface area contributed by atoms with Gasteiger partial charge in [0, 0.05) is 6.42 Å². The van der Waals surface area contributed by atoms with Gasteiger partial charge in [-0.3, -0.25) is 4.79 Å². The van der Waals surface area contributed by atoms with E-state index >= 15 is 0 Å². The van der Waals surface area contributed by atoms with E-state index in [2.05, 4.69) is 0 Å². The molecule has 31 heavy (non-hydrogen) atoms. The molecule has 0 fully saturated rings. The number of benzene rings is 3. The zero-order chi connectivity index (χ0) is 22.4. The highest BCUT2D eigenvalue weighted by atomic mass is 32.2. The third-order valence-corrected chi connectivity index (χ3v) is 6.61. The number of carbonyl (C=O) groups excluding carboxylic acids is 1. The van der Waals surface area contributed by atoms with Gasteiger partial charge in [-0.2, -0.15) is 0 Å². The van der Waals surface area contributed by atoms with Crippen LogP contribution in [0, 0.1) is 20.8 Å². The van der Waals surface area contributed by atoms with Crippen molar-refractivity contribution >= 4 is 21.6 Å². The van der Waals surface area contributed by atoms with Crippen LogP contribution in [0.4, 0.5) is 5.69 Å². The molecule has 5 nitrogen and oxygen atoms in total. The Balaban J connectivity index is 1.78. The molecule has 0 aromatic heterocycles. The van der Waals surface area contributed by atoms with E-state index < -0.39 is 15.9 Å². The third kappa shape index (κ3) is 5.73. The zero-order valence-corrected chi connectivity index (χ0v) is 18.9. The van der Waals surface area contributed by atoms with Gasteiger partial charge in [0.25, 0.3) is 10.0 Å². The Bertz CT molecular complexity index is 1140. The number of nitrogens with zero attached hydrogens (tertiary/aromatic N) is 1. The zero-order valence-electron chi connectivity index (χ0n) is 18.0. The standard InChI is InChI=1S/C25H27NO4S/c1-19-9-13-22(14-10-19)26(31(28,29)24-15-11-20(2)12-16-24)25(27)8-5-17-30-23-7-4-6-21(3)18-23/h4,6-7,9-16,18H,5,8,17H2,1-3H3. The Morgan fingerprint density at radius 1 is 0.839 bits per heavy atom. The van der Waals surface area contributed by atoms with E-state index in [1.165, 1.54) is 12.1 Å². The van der Waals surface area contributed by atoms with Crippen molar-refractivity contribution in [1.82, 2.24) is 0 Å². The van der Waals surface area contributed by atoms with Crippen molar-refractivity contribution in [3.8, 4) is 5.75 Å². The largest absolute Gasteiger partial charge is 0.494 e. The quantitative estimate of drug-likeness (QED) is 0.455. The fourth-order valence-corrected chi connectivity index (χ4v) is 4.58. The van der Waals surface area contributed by atoms with Gasteiger partial charge in [0.2, 0.25) is 5.91 Å². The van der Waals surface area contributed by atoms with Gasteiger partial charge < -0.3 is 4.74 Å². The lowest BCUT2D eigenvalue weighted by Crippen LogP contribution is -2.37. The molecule has 6 heteroatoms. The van der Waals surface area contributed by atoms with Crippen LogP contribution in [0.3, 0.4) is 0 Å². The molecule has 0 spiro atoms. The Morgan fingerprint density at radius 2 is 1.45 bits per heavy atom. The third-order valence-electron chi connectivity index (χ3n) is 4.85. The lowest BCUT2D eigenvalue weighted by molar-refractivity contribution is -0.117. The molecule has 3 aromatic rings. The molecule has 0 atom stereocenters. The minimum atomic E-state index is -4.03. The summed E-state index contributed by atoms with van der Waals surface area (Å²) in [5, 5.41) is 0. The summed E-state index contributed by atoms with van der Waals surface area (Å²) in [5.41, 5.74) is 3.34. The van der Waals surface area contributed by atoms with E-state index in [4.69, 9.17) is 4.74 Å². The highest BCUT2D eigenvalue weighted by molar-refractivity contribution is 7.93. The van der Waals surface area contributed by atoms with Gasteiger partial charge in [-0.25, -0.2) is 12.7 Å². The number of hydrogen-bond acceptors (Lipinski definition) is 4. The van der Waals surface area contributed by atoms with Crippen LogP contribution in [0.15, 0.2) is 77.7 Å². The number of sulfonamides is 1. The number of rotatable bonds is 8. The summed E-state index contributed by atoms with van der Waals surface area (Å²) in [7, 11) is -4.03. The van der Waals surface area contributed by atoms with Gasteiger partial charge in [-0.05, 0) is 69.2 Å². The molecule has 0 heterocycles. The molecule has 0 saturated carbocycles. The lowest BCUT2D eigenvalue weighted by atomic mass is 10.2. The first-order valence-electron chi connectivity index (χ1n) is 10.2. The number of ether oxygens (including phenoxy) is 1. The van der Waals surface area contributed by atoms with Gasteiger partial charge in [0.15, 0.2) is 0 Å². The first-order chi connectivity index (χ1) is 14.8. The molecule has 0 unspecified atom stereocenters. The molecular weight excluding hydrogens is 410 g/mol. The molecule has 0 aliphatic carbocycles. The topological polar surface area (TPSA) is 63.7 Å². The number of aryl methyl sites for hydroxylation is 3. The van der Waals surface area contributed by atoms with E-state index in [0.29, 0.717) is 18.7 Å². The predicted molar refractivity (Wildman–Crippen MR) is 123 cm³/mol. The molecular formula is C25H27NO4S. The highest BCUT2D eigenvalue weighted by Crippen LogP contribution is 2.26. The number of amides is 1. The minimum absolute atomic E-state index is 0.0464. The second-order valence-electron chi connectivity index (χ2n) is 7.58. The Labute approximate surface area is 184 Å². The average Bonchev–Trinajstić information content (AvgIpc) is 2.73. The summed E-state index contributed by atoms with van der Waals surface area (Å²) in [6, 6.07) is 21.1. The van der Waals surface area contributed by atoms with E-state index in [1.54, 1.807) is 36.4 Å². The van der Waals surface area contributed by atoms with Gasteiger partial charge in [0.05, 0.1) is 17.2 Å². The molecule has 162 valence electrons. The van der Waals surface area contributed by atoms with Crippen LogP contribution in [-0.4, -0.2) is 20.9 Å². The lowest BCUT2D eigenvalue weighted by Gasteiger charge is -2.23. The van der Waals surface area contributed by atoms with Crippen LogP contribution < -0.4 is 9.04 Å². The van der Waals surface area contributed by atoms with Crippen molar-refractivity contribution < 1.29 is 17.9 Å². The van der Waals surface area contributed by atoms with Gasteiger partial charge in [-0.15, -0.1) is 0 Å². The van der Waals surface area contributed by atoms with Crippen LogP contribution in [-0.2, 0) is 14.8 Å². The minimum Gasteiger partial charge on any atom is -0.494 e. The Hall–Kier alpha value is -3.12. The van der Waals surface area contributed by atoms with Crippen LogP contribution in [0.25, 0.3) is 0 Å². The van der Waals surface area contributed by atoms with Gasteiger partial charge >= 0.3 is 0 Å². The second kappa shape index (κ2) is 9.79. The Kier molecular flexibility index (Phi) is 7.13. The molecule has 0 aliphatic rings. The SMILES string of the molecule is Cc1ccc(N(C(=O)CCCOc2cccc(C)c2)S(=O)(=O)c2ccc(C)cc2)cc1.